The molecule has 1 aliphatic heterocycles. The fraction of sp³-hybridized carbons (Fsp3) is 0.292. The number of hydrogen-bond acceptors (Lipinski definition) is 8. The first-order valence-corrected chi connectivity index (χ1v) is 11.3. The van der Waals surface area contributed by atoms with Gasteiger partial charge < -0.3 is 30.1 Å². The fourth-order valence-corrected chi connectivity index (χ4v) is 5.13. The molecule has 0 bridgehead atoms. The lowest BCUT2D eigenvalue weighted by Crippen LogP contribution is -2.30. The van der Waals surface area contributed by atoms with Crippen LogP contribution in [0.3, 0.4) is 0 Å². The van der Waals surface area contributed by atoms with Crippen LogP contribution in [0.1, 0.15) is 12.8 Å². The van der Waals surface area contributed by atoms with Gasteiger partial charge in [0.15, 0.2) is 11.3 Å². The number of fused-ring (bicyclic) bond motifs is 4. The molecule has 2 aliphatic rings. The Morgan fingerprint density at radius 1 is 1.29 bits per heavy atom. The Kier molecular flexibility index (Phi) is 3.91. The molecule has 4 N–H and O–H groups in total. The van der Waals surface area contributed by atoms with Gasteiger partial charge in [-0.05, 0) is 25.0 Å². The molecule has 1 atom stereocenters. The molecule has 172 valence electrons. The van der Waals surface area contributed by atoms with E-state index in [9.17, 15) is 4.39 Å². The van der Waals surface area contributed by atoms with E-state index in [1.807, 2.05) is 0 Å². The van der Waals surface area contributed by atoms with E-state index >= 15 is 0 Å². The minimum atomic E-state index is -0.335. The Morgan fingerprint density at radius 3 is 2.97 bits per heavy atom. The maximum atomic E-state index is 14.5. The summed E-state index contributed by atoms with van der Waals surface area (Å²) in [5.74, 6) is 0.811. The first-order chi connectivity index (χ1) is 16.5. The lowest BCUT2D eigenvalue weighted by molar-refractivity contribution is 0.441. The van der Waals surface area contributed by atoms with E-state index in [0.717, 1.165) is 35.8 Å². The van der Waals surface area contributed by atoms with Crippen molar-refractivity contribution in [2.75, 3.05) is 30.4 Å². The van der Waals surface area contributed by atoms with Crippen molar-refractivity contribution >= 4 is 44.5 Å². The van der Waals surface area contributed by atoms with Crippen molar-refractivity contribution in [3.8, 4) is 11.8 Å². The van der Waals surface area contributed by atoms with Crippen LogP contribution in [0.2, 0.25) is 0 Å². The van der Waals surface area contributed by atoms with Crippen LogP contribution >= 0.6 is 0 Å². The summed E-state index contributed by atoms with van der Waals surface area (Å²) >= 11 is 0. The molecule has 1 aromatic carbocycles. The normalized spacial score (nSPS) is 19.0. The van der Waals surface area contributed by atoms with Gasteiger partial charge in [-0.3, -0.25) is 0 Å². The van der Waals surface area contributed by atoms with Gasteiger partial charge in [0, 0.05) is 49.1 Å². The second kappa shape index (κ2) is 6.80. The summed E-state index contributed by atoms with van der Waals surface area (Å²) < 4.78 is 26.0. The number of ether oxygens (including phenoxy) is 1. The van der Waals surface area contributed by atoms with Crippen molar-refractivity contribution < 1.29 is 13.5 Å². The number of nitrogens with one attached hydrogen (secondary N) is 2. The summed E-state index contributed by atoms with van der Waals surface area (Å²) in [5, 5.41) is 4.52. The third-order valence-corrected chi connectivity index (χ3v) is 7.14. The van der Waals surface area contributed by atoms with Crippen LogP contribution in [-0.2, 0) is 0 Å². The highest BCUT2D eigenvalue weighted by atomic mass is 19.1. The molecular weight excluding hydrogens is 437 g/mol. The number of benzene rings is 1. The molecule has 1 aliphatic carbocycles. The number of nitrogens with two attached hydrogens (primary N) is 1. The summed E-state index contributed by atoms with van der Waals surface area (Å²) in [4.78, 5) is 19.3. The largest absolute Gasteiger partial charge is 0.463 e. The Balaban J connectivity index is 1.41. The minimum Gasteiger partial charge on any atom is -0.463 e. The first-order valence-electron chi connectivity index (χ1n) is 11.3. The molecule has 5 aromatic rings. The lowest BCUT2D eigenvalue weighted by atomic mass is 10.0. The van der Waals surface area contributed by atoms with E-state index in [1.165, 1.54) is 12.1 Å². The first kappa shape index (κ1) is 19.5. The molecule has 1 saturated heterocycles. The van der Waals surface area contributed by atoms with Crippen molar-refractivity contribution in [2.45, 2.75) is 18.9 Å². The van der Waals surface area contributed by atoms with Gasteiger partial charge in [-0.15, -0.1) is 0 Å². The second-order valence-corrected chi connectivity index (χ2v) is 9.23. The second-order valence-electron chi connectivity index (χ2n) is 9.23. The molecular formula is C24H22FN7O2. The van der Waals surface area contributed by atoms with Crippen molar-refractivity contribution in [1.29, 1.82) is 0 Å². The van der Waals surface area contributed by atoms with Gasteiger partial charge in [-0.25, -0.2) is 9.37 Å². The quantitative estimate of drug-likeness (QED) is 0.367. The van der Waals surface area contributed by atoms with E-state index < -0.39 is 0 Å². The monoisotopic (exact) mass is 459 g/mol. The number of halogens is 1. The van der Waals surface area contributed by atoms with Crippen LogP contribution in [-0.4, -0.2) is 46.1 Å². The number of H-pyrrole nitrogens is 1. The van der Waals surface area contributed by atoms with E-state index in [-0.39, 0.29) is 23.3 Å². The van der Waals surface area contributed by atoms with Gasteiger partial charge in [0.2, 0.25) is 0 Å². The van der Waals surface area contributed by atoms with Gasteiger partial charge in [0.25, 0.3) is 0 Å². The van der Waals surface area contributed by atoms with E-state index in [4.69, 9.17) is 19.9 Å². The van der Waals surface area contributed by atoms with Gasteiger partial charge >= 0.3 is 6.01 Å². The molecule has 5 heterocycles. The van der Waals surface area contributed by atoms with E-state index in [1.54, 1.807) is 31.6 Å². The predicted molar refractivity (Wildman–Crippen MR) is 127 cm³/mol. The maximum Gasteiger partial charge on any atom is 0.326 e. The number of rotatable bonds is 4. The lowest BCUT2D eigenvalue weighted by Gasteiger charge is -2.19. The van der Waals surface area contributed by atoms with Crippen LogP contribution < -0.4 is 20.7 Å². The van der Waals surface area contributed by atoms with Crippen LogP contribution in [0.4, 0.5) is 15.9 Å². The van der Waals surface area contributed by atoms with Gasteiger partial charge in [-0.1, -0.05) is 0 Å². The van der Waals surface area contributed by atoms with Crippen molar-refractivity contribution in [3.63, 3.8) is 0 Å². The highest BCUT2D eigenvalue weighted by molar-refractivity contribution is 6.14. The number of aromatic nitrogens is 4. The summed E-state index contributed by atoms with van der Waals surface area (Å²) in [6, 6.07) is 6.74. The molecule has 34 heavy (non-hydrogen) atoms. The topological polar surface area (TPSA) is 118 Å². The minimum absolute atomic E-state index is 0.0715. The molecule has 7 rings (SSSR count). The summed E-state index contributed by atoms with van der Waals surface area (Å²) in [6.45, 7) is 1.48. The Hall–Kier alpha value is -3.92. The van der Waals surface area contributed by atoms with Crippen LogP contribution in [0.15, 0.2) is 41.1 Å². The zero-order valence-corrected chi connectivity index (χ0v) is 18.4. The average molecular weight is 459 g/mol. The predicted octanol–water partition coefficient (Wildman–Crippen LogP) is 4.15. The SMILES string of the molecule is CNc1cc(F)cc2c1[nH]c1nc(Oc3cnc4ccoc4c3)nc(N3C[C@H](N)C4(CC4)C3)c12. The van der Waals surface area contributed by atoms with Crippen LogP contribution in [0.5, 0.6) is 11.8 Å². The summed E-state index contributed by atoms with van der Waals surface area (Å²) in [7, 11) is 1.76. The smallest absolute Gasteiger partial charge is 0.326 e. The number of furan rings is 1. The van der Waals surface area contributed by atoms with Crippen molar-refractivity contribution in [1.82, 2.24) is 19.9 Å². The molecule has 10 heteroatoms. The van der Waals surface area contributed by atoms with Crippen LogP contribution in [0, 0.1) is 11.2 Å². The highest BCUT2D eigenvalue weighted by Crippen LogP contribution is 2.53. The zero-order chi connectivity index (χ0) is 23.0. The number of pyridine rings is 1. The van der Waals surface area contributed by atoms with Crippen molar-refractivity contribution in [3.05, 3.63) is 42.5 Å². The number of anilines is 2. The van der Waals surface area contributed by atoms with Gasteiger partial charge in [-0.2, -0.15) is 9.97 Å². The number of aromatic amines is 1. The highest BCUT2D eigenvalue weighted by Gasteiger charge is 2.54. The third kappa shape index (κ3) is 2.84. The zero-order valence-electron chi connectivity index (χ0n) is 18.4. The fourth-order valence-electron chi connectivity index (χ4n) is 5.13. The van der Waals surface area contributed by atoms with Gasteiger partial charge in [0.1, 0.15) is 22.8 Å². The Labute approximate surface area is 193 Å². The molecule has 1 spiro atoms. The number of nitrogens with zero attached hydrogens (tertiary/aromatic N) is 4. The molecule has 1 saturated carbocycles. The third-order valence-electron chi connectivity index (χ3n) is 7.14. The Morgan fingerprint density at radius 2 is 2.18 bits per heavy atom. The number of hydrogen-bond donors (Lipinski definition) is 3. The summed E-state index contributed by atoms with van der Waals surface area (Å²) in [6.07, 6.45) is 5.41. The molecule has 0 unspecified atom stereocenters. The molecule has 2 fully saturated rings. The molecule has 9 nitrogen and oxygen atoms in total. The van der Waals surface area contributed by atoms with Gasteiger partial charge in [0.05, 0.1) is 29.1 Å². The van der Waals surface area contributed by atoms with E-state index in [2.05, 4.69) is 25.2 Å². The molecule has 0 radical (unpaired) electrons. The summed E-state index contributed by atoms with van der Waals surface area (Å²) in [5.41, 5.74) is 9.95. The van der Waals surface area contributed by atoms with Crippen molar-refractivity contribution in [2.24, 2.45) is 11.1 Å². The molecule has 0 amide bonds. The van der Waals surface area contributed by atoms with E-state index in [0.29, 0.717) is 40.4 Å². The molecule has 4 aromatic heterocycles. The maximum absolute atomic E-state index is 14.5. The average Bonchev–Trinajstić information content (AvgIpc) is 3.14. The Bertz CT molecular complexity index is 1590. The van der Waals surface area contributed by atoms with Crippen LogP contribution in [0.25, 0.3) is 33.0 Å². The standard InChI is InChI=1S/C24H22FN7O2/c1-27-16-7-12(25)6-14-19-21(29-20(14)16)30-23(34-13-8-17-15(28-9-13)2-5-33-17)31-22(19)32-10-18(26)24(11-32)3-4-24/h2,5-9,18,27H,3-4,10-11,26H2,1H3,(H,29,30,31)/t18-/m0/s1.